The van der Waals surface area contributed by atoms with Gasteiger partial charge in [0.15, 0.2) is 11.6 Å². The van der Waals surface area contributed by atoms with E-state index in [2.05, 4.69) is 0 Å². The second-order valence-corrected chi connectivity index (χ2v) is 6.31. The maximum absolute atomic E-state index is 14.1. The van der Waals surface area contributed by atoms with Gasteiger partial charge in [0.05, 0.1) is 0 Å². The van der Waals surface area contributed by atoms with E-state index in [9.17, 15) is 13.9 Å². The number of aliphatic hydroxyl groups excluding tert-OH is 1. The summed E-state index contributed by atoms with van der Waals surface area (Å²) in [5.74, 6) is -1.43. The third-order valence-corrected chi connectivity index (χ3v) is 5.27. The number of aliphatic hydroxyl groups is 1. The average molecular weight is 314 g/mol. The van der Waals surface area contributed by atoms with Gasteiger partial charge in [0.1, 0.15) is 6.10 Å². The van der Waals surface area contributed by atoms with Gasteiger partial charge in [-0.15, -0.1) is 11.8 Å². The summed E-state index contributed by atoms with van der Waals surface area (Å²) in [5, 5.41) is 12.8. The maximum Gasteiger partial charge on any atom is 0.163 e. The van der Waals surface area contributed by atoms with E-state index in [1.807, 2.05) is 36.4 Å². The molecule has 1 aliphatic rings. The quantitative estimate of drug-likeness (QED) is 0.643. The Labute approximate surface area is 130 Å². The molecule has 110 valence electrons. The summed E-state index contributed by atoms with van der Waals surface area (Å²) >= 11 is 1.44. The Morgan fingerprint density at radius 2 is 1.73 bits per heavy atom. The molecule has 0 fully saturated rings. The third-order valence-electron chi connectivity index (χ3n) is 4.09. The first-order chi connectivity index (χ1) is 10.7. The molecule has 0 amide bonds. The van der Waals surface area contributed by atoms with Crippen LogP contribution in [0.5, 0.6) is 0 Å². The minimum absolute atomic E-state index is 0.248. The zero-order valence-electron chi connectivity index (χ0n) is 11.5. The van der Waals surface area contributed by atoms with Crippen molar-refractivity contribution in [3.05, 3.63) is 76.9 Å². The molecule has 1 N–H and O–H groups in total. The predicted octanol–water partition coefficient (Wildman–Crippen LogP) is 4.81. The van der Waals surface area contributed by atoms with Crippen molar-refractivity contribution in [3.63, 3.8) is 0 Å². The van der Waals surface area contributed by atoms with Gasteiger partial charge in [-0.3, -0.25) is 0 Å². The van der Waals surface area contributed by atoms with Gasteiger partial charge in [-0.05, 0) is 28.0 Å². The van der Waals surface area contributed by atoms with Crippen LogP contribution in [0.4, 0.5) is 8.78 Å². The Morgan fingerprint density at radius 1 is 0.955 bits per heavy atom. The van der Waals surface area contributed by atoms with E-state index < -0.39 is 17.7 Å². The molecule has 1 atom stereocenters. The molecule has 22 heavy (non-hydrogen) atoms. The van der Waals surface area contributed by atoms with E-state index in [-0.39, 0.29) is 5.56 Å². The lowest BCUT2D eigenvalue weighted by Gasteiger charge is -2.15. The van der Waals surface area contributed by atoms with E-state index in [1.54, 1.807) is 0 Å². The standard InChI is InChI=1S/C18H12F2OS/c19-15-8-7-12-14(16(15)20)9-22-18-11-4-2-1-3-10(11)5-6-13(18)17(12)21/h1-8,17,21H,9H2. The Balaban J connectivity index is 1.98. The van der Waals surface area contributed by atoms with Gasteiger partial charge in [-0.25, -0.2) is 8.78 Å². The maximum atomic E-state index is 14.1. The Morgan fingerprint density at radius 3 is 2.59 bits per heavy atom. The smallest absolute Gasteiger partial charge is 0.163 e. The molecule has 0 aliphatic carbocycles. The van der Waals surface area contributed by atoms with Crippen molar-refractivity contribution in [1.29, 1.82) is 0 Å². The summed E-state index contributed by atoms with van der Waals surface area (Å²) in [6, 6.07) is 14.2. The molecule has 0 saturated heterocycles. The molecule has 0 spiro atoms. The molecule has 1 aliphatic heterocycles. The van der Waals surface area contributed by atoms with Gasteiger partial charge >= 0.3 is 0 Å². The van der Waals surface area contributed by atoms with Gasteiger partial charge in [0.25, 0.3) is 0 Å². The van der Waals surface area contributed by atoms with Gasteiger partial charge in [0, 0.05) is 16.2 Å². The highest BCUT2D eigenvalue weighted by atomic mass is 32.2. The van der Waals surface area contributed by atoms with Crippen LogP contribution in [-0.2, 0) is 5.75 Å². The molecule has 1 nitrogen and oxygen atoms in total. The van der Waals surface area contributed by atoms with Crippen LogP contribution >= 0.6 is 11.8 Å². The lowest BCUT2D eigenvalue weighted by molar-refractivity contribution is 0.216. The van der Waals surface area contributed by atoms with E-state index in [4.69, 9.17) is 0 Å². The highest BCUT2D eigenvalue weighted by Gasteiger charge is 2.26. The lowest BCUT2D eigenvalue weighted by atomic mass is 9.95. The van der Waals surface area contributed by atoms with Crippen molar-refractivity contribution in [3.8, 4) is 0 Å². The SMILES string of the molecule is OC1c2ccc(F)c(F)c2CSc2c1ccc1ccccc21. The summed E-state index contributed by atoms with van der Waals surface area (Å²) in [4.78, 5) is 0.932. The first-order valence-electron chi connectivity index (χ1n) is 6.96. The molecular weight excluding hydrogens is 302 g/mol. The summed E-state index contributed by atoms with van der Waals surface area (Å²) < 4.78 is 27.6. The van der Waals surface area contributed by atoms with Crippen LogP contribution in [0.1, 0.15) is 22.8 Å². The highest BCUT2D eigenvalue weighted by Crippen LogP contribution is 2.43. The van der Waals surface area contributed by atoms with E-state index in [0.29, 0.717) is 11.3 Å². The molecule has 4 rings (SSSR count). The van der Waals surface area contributed by atoms with Gasteiger partial charge < -0.3 is 5.11 Å². The Bertz CT molecular complexity index is 892. The minimum Gasteiger partial charge on any atom is -0.384 e. The summed E-state index contributed by atoms with van der Waals surface area (Å²) in [6.07, 6.45) is -0.945. The van der Waals surface area contributed by atoms with Crippen molar-refractivity contribution < 1.29 is 13.9 Å². The molecule has 0 aromatic heterocycles. The second-order valence-electron chi connectivity index (χ2n) is 5.33. The van der Waals surface area contributed by atoms with Crippen LogP contribution in [0.2, 0.25) is 0 Å². The van der Waals surface area contributed by atoms with E-state index in [1.165, 1.54) is 17.8 Å². The number of fused-ring (bicyclic) bond motifs is 4. The molecule has 3 aromatic rings. The Hall–Kier alpha value is -1.91. The monoisotopic (exact) mass is 314 g/mol. The van der Waals surface area contributed by atoms with Crippen molar-refractivity contribution >= 4 is 22.5 Å². The van der Waals surface area contributed by atoms with Gasteiger partial charge in [0.2, 0.25) is 0 Å². The molecule has 0 saturated carbocycles. The van der Waals surface area contributed by atoms with E-state index in [0.717, 1.165) is 27.3 Å². The fourth-order valence-corrected chi connectivity index (χ4v) is 4.23. The summed E-state index contributed by atoms with van der Waals surface area (Å²) in [5.41, 5.74) is 1.44. The topological polar surface area (TPSA) is 20.2 Å². The number of thioether (sulfide) groups is 1. The fraction of sp³-hybridized carbons (Fsp3) is 0.111. The summed E-state index contributed by atoms with van der Waals surface area (Å²) in [6.45, 7) is 0. The number of rotatable bonds is 0. The molecular formula is C18H12F2OS. The predicted molar refractivity (Wildman–Crippen MR) is 83.9 cm³/mol. The molecule has 4 heteroatoms. The lowest BCUT2D eigenvalue weighted by Crippen LogP contribution is -2.05. The largest absolute Gasteiger partial charge is 0.384 e. The molecule has 1 heterocycles. The van der Waals surface area contributed by atoms with Crippen LogP contribution in [0.25, 0.3) is 10.8 Å². The Kier molecular flexibility index (Phi) is 3.17. The van der Waals surface area contributed by atoms with Gasteiger partial charge in [-0.1, -0.05) is 42.5 Å². The fourth-order valence-electron chi connectivity index (χ4n) is 2.96. The first-order valence-corrected chi connectivity index (χ1v) is 7.94. The van der Waals surface area contributed by atoms with Crippen molar-refractivity contribution in [2.24, 2.45) is 0 Å². The normalized spacial score (nSPS) is 17.0. The number of hydrogen-bond acceptors (Lipinski definition) is 2. The van der Waals surface area contributed by atoms with Crippen LogP contribution < -0.4 is 0 Å². The van der Waals surface area contributed by atoms with Crippen LogP contribution in [0.3, 0.4) is 0 Å². The van der Waals surface area contributed by atoms with E-state index >= 15 is 0 Å². The number of benzene rings is 3. The number of halogens is 2. The van der Waals surface area contributed by atoms with Gasteiger partial charge in [-0.2, -0.15) is 0 Å². The molecule has 0 bridgehead atoms. The van der Waals surface area contributed by atoms with Crippen LogP contribution in [0.15, 0.2) is 53.4 Å². The van der Waals surface area contributed by atoms with Crippen molar-refractivity contribution in [1.82, 2.24) is 0 Å². The zero-order valence-corrected chi connectivity index (χ0v) is 12.3. The zero-order chi connectivity index (χ0) is 15.3. The molecule has 1 unspecified atom stereocenters. The van der Waals surface area contributed by atoms with Crippen molar-refractivity contribution in [2.75, 3.05) is 0 Å². The van der Waals surface area contributed by atoms with Crippen molar-refractivity contribution in [2.45, 2.75) is 16.8 Å². The second kappa shape index (κ2) is 5.07. The average Bonchev–Trinajstić information content (AvgIpc) is 2.69. The number of hydrogen-bond donors (Lipinski definition) is 1. The molecule has 3 aromatic carbocycles. The third kappa shape index (κ3) is 1.95. The minimum atomic E-state index is -0.945. The summed E-state index contributed by atoms with van der Waals surface area (Å²) in [7, 11) is 0. The first kappa shape index (κ1) is 13.7. The highest BCUT2D eigenvalue weighted by molar-refractivity contribution is 7.98. The van der Waals surface area contributed by atoms with Crippen LogP contribution in [-0.4, -0.2) is 5.11 Å². The molecule has 0 radical (unpaired) electrons. The van der Waals surface area contributed by atoms with Crippen LogP contribution in [0, 0.1) is 11.6 Å².